The molecular formula is C121H124N14O14. The van der Waals surface area contributed by atoms with Crippen molar-refractivity contribution < 1.29 is 68.3 Å². The number of benzene rings is 9. The van der Waals surface area contributed by atoms with Crippen molar-refractivity contribution in [2.24, 2.45) is 0 Å². The summed E-state index contributed by atoms with van der Waals surface area (Å²) < 4.78 is 11.3. The largest absolute Gasteiger partial charge is 0.507 e. The Kier molecular flexibility index (Phi) is 32.9. The number of ether oxygens (including phenoxy) is 2. The fourth-order valence-corrected chi connectivity index (χ4v) is 18.8. The molecule has 28 heteroatoms. The lowest BCUT2D eigenvalue weighted by molar-refractivity contribution is -0.132. The number of amides is 4. The number of Topliss-reactive ketones (excluding diaryl/α,β-unsaturated/α-hetero) is 4. The molecule has 0 spiro atoms. The van der Waals surface area contributed by atoms with Crippen LogP contribution in [0.15, 0.2) is 301 Å². The van der Waals surface area contributed by atoms with Crippen molar-refractivity contribution in [3.63, 3.8) is 0 Å². The lowest BCUT2D eigenvalue weighted by Crippen LogP contribution is -2.44. The van der Waals surface area contributed by atoms with Gasteiger partial charge in [0.2, 0.25) is 0 Å². The quantitative estimate of drug-likeness (QED) is 0.0262. The van der Waals surface area contributed by atoms with Gasteiger partial charge in [-0.25, -0.2) is 4.98 Å². The fraction of sp³-hybridized carbons (Fsp3) is 0.281. The second-order valence-corrected chi connectivity index (χ2v) is 39.6. The molecule has 0 radical (unpaired) electrons. The van der Waals surface area contributed by atoms with Crippen molar-refractivity contribution in [3.8, 4) is 16.9 Å². The first-order chi connectivity index (χ1) is 71.6. The number of rotatable bonds is 23. The highest BCUT2D eigenvalue weighted by molar-refractivity contribution is 6.54. The topological polar surface area (TPSA) is 349 Å². The van der Waals surface area contributed by atoms with E-state index in [-0.39, 0.29) is 62.8 Å². The van der Waals surface area contributed by atoms with Crippen molar-refractivity contribution >= 4 is 98.8 Å². The number of aliphatic hydroxyl groups is 4. The highest BCUT2D eigenvalue weighted by Gasteiger charge is 2.52. The molecule has 6 fully saturated rings. The number of anilines is 5. The van der Waals surface area contributed by atoms with Gasteiger partial charge in [-0.15, -0.1) is 15.3 Å². The van der Waals surface area contributed by atoms with E-state index in [1.807, 2.05) is 189 Å². The molecule has 762 valence electrons. The molecule has 4 aromatic heterocycles. The number of pyridine rings is 1. The molecule has 6 saturated heterocycles. The van der Waals surface area contributed by atoms with Gasteiger partial charge in [0.25, 0.3) is 23.1 Å². The minimum absolute atomic E-state index is 0.00524. The second-order valence-electron chi connectivity index (χ2n) is 39.6. The third-order valence-corrected chi connectivity index (χ3v) is 27.7. The Morgan fingerprint density at radius 2 is 0.624 bits per heavy atom. The molecule has 4 N–H and O–H groups in total. The number of ketones is 4. The number of piperazine rings is 1. The van der Waals surface area contributed by atoms with E-state index in [0.29, 0.717) is 104 Å². The van der Waals surface area contributed by atoms with E-state index in [9.17, 15) is 58.8 Å². The molecule has 19 rings (SSSR count). The first-order valence-electron chi connectivity index (χ1n) is 50.4. The minimum Gasteiger partial charge on any atom is -0.507 e. The van der Waals surface area contributed by atoms with Crippen LogP contribution in [0.2, 0.25) is 0 Å². The van der Waals surface area contributed by atoms with Gasteiger partial charge in [-0.2, -0.15) is 15.3 Å². The first kappa shape index (κ1) is 105. The number of aliphatic hydroxyl groups excluding tert-OH is 4. The number of hydrogen-bond donors (Lipinski definition) is 4. The molecule has 6 aliphatic heterocycles. The van der Waals surface area contributed by atoms with Crippen LogP contribution >= 0.6 is 0 Å². The highest BCUT2D eigenvalue weighted by atomic mass is 16.5. The molecule has 6 aliphatic rings. The number of likely N-dealkylation sites (N-methyl/N-ethyl adjacent to an activating group) is 1. The van der Waals surface area contributed by atoms with E-state index in [1.54, 1.807) is 118 Å². The number of aromatic nitrogens is 7. The molecule has 4 amide bonds. The molecule has 4 unspecified atom stereocenters. The van der Waals surface area contributed by atoms with E-state index >= 15 is 0 Å². The Balaban J connectivity index is 0.000000142. The van der Waals surface area contributed by atoms with Crippen molar-refractivity contribution in [1.82, 2.24) is 45.4 Å². The van der Waals surface area contributed by atoms with Crippen molar-refractivity contribution in [1.29, 1.82) is 0 Å². The normalized spacial score (nSPS) is 18.6. The predicted molar refractivity (Wildman–Crippen MR) is 578 cm³/mol. The van der Waals surface area contributed by atoms with Crippen molar-refractivity contribution in [3.05, 3.63) is 396 Å². The van der Waals surface area contributed by atoms with Gasteiger partial charge in [-0.05, 0) is 198 Å². The lowest BCUT2D eigenvalue weighted by Gasteiger charge is -2.34. The number of carbonyl (C=O) groups excluding carboxylic acids is 8. The summed E-state index contributed by atoms with van der Waals surface area (Å²) in [6, 6.07) is 80.7. The lowest BCUT2D eigenvalue weighted by atomic mass is 9.92. The van der Waals surface area contributed by atoms with Gasteiger partial charge in [-0.1, -0.05) is 275 Å². The Labute approximate surface area is 868 Å². The summed E-state index contributed by atoms with van der Waals surface area (Å²) in [5.41, 5.74) is 16.6. The molecule has 149 heavy (non-hydrogen) atoms. The zero-order chi connectivity index (χ0) is 106. The van der Waals surface area contributed by atoms with Crippen LogP contribution in [-0.4, -0.2) is 185 Å². The Morgan fingerprint density at radius 3 is 0.933 bits per heavy atom. The van der Waals surface area contributed by atoms with Crippen LogP contribution in [0.4, 0.5) is 29.0 Å². The summed E-state index contributed by atoms with van der Waals surface area (Å²) in [7, 11) is 2.12. The third-order valence-electron chi connectivity index (χ3n) is 27.7. The average molecular weight is 2000 g/mol. The maximum absolute atomic E-state index is 13.4. The summed E-state index contributed by atoms with van der Waals surface area (Å²) in [5.74, 6) is -3.33. The van der Waals surface area contributed by atoms with E-state index in [4.69, 9.17) is 9.47 Å². The zero-order valence-electron chi connectivity index (χ0n) is 86.5. The SMILES string of the molecule is Cc1ccc(N2C(=O)C(=O)C(=C(O)c3ccc(C(C)C)cc3)C2c2ccc(-c3ccccc3)cc2)nn1.Cc1ccc(N2C(=O)C(=O)C(=C(O)c3ccc(C(C)C)cc3)C2c2ccc(C(C)C)cc2)nc1.Cc1ccc(N2C(=O)C(=O)C(=C(O)c3ccc(C(C)C)cc3)C2c2ccc(N3CCN(C)CC3)cc2)nn1.Cc1ccc(N2C(=O)C(=O)C(=C(O)c3ccc(C(C)C)cc3)C2c2ccc(OCCN3CCOCC3)cc2)nn1. The molecule has 0 bridgehead atoms. The molecule has 4 atom stereocenters. The zero-order valence-corrected chi connectivity index (χ0v) is 86.5. The van der Waals surface area contributed by atoms with Crippen LogP contribution < -0.4 is 29.2 Å². The van der Waals surface area contributed by atoms with Crippen molar-refractivity contribution in [2.45, 2.75) is 151 Å². The smallest absolute Gasteiger partial charge is 0.301 e. The van der Waals surface area contributed by atoms with Gasteiger partial charge < -0.3 is 39.7 Å². The molecule has 0 saturated carbocycles. The van der Waals surface area contributed by atoms with Gasteiger partial charge in [0.15, 0.2) is 17.5 Å². The van der Waals surface area contributed by atoms with Gasteiger partial charge in [-0.3, -0.25) is 62.9 Å². The van der Waals surface area contributed by atoms with Crippen LogP contribution in [0, 0.1) is 27.7 Å². The third kappa shape index (κ3) is 23.3. The molecule has 9 aromatic carbocycles. The molecule has 10 heterocycles. The summed E-state index contributed by atoms with van der Waals surface area (Å²) in [6.45, 7) is 36.7. The van der Waals surface area contributed by atoms with Crippen LogP contribution in [0.3, 0.4) is 0 Å². The van der Waals surface area contributed by atoms with Crippen LogP contribution in [0.5, 0.6) is 5.75 Å². The molecular weight excluding hydrogens is 1870 g/mol. The first-order valence-corrected chi connectivity index (χ1v) is 50.4. The number of carbonyl (C=O) groups is 8. The monoisotopic (exact) mass is 2000 g/mol. The summed E-state index contributed by atoms with van der Waals surface area (Å²) in [4.78, 5) is 123. The van der Waals surface area contributed by atoms with Crippen LogP contribution in [-0.2, 0) is 43.1 Å². The molecule has 13 aromatic rings. The summed E-state index contributed by atoms with van der Waals surface area (Å²) in [6.07, 6.45) is 1.66. The Bertz CT molecular complexity index is 7170. The Hall–Kier alpha value is -16.4. The van der Waals surface area contributed by atoms with E-state index in [2.05, 4.69) is 127 Å². The molecule has 28 nitrogen and oxygen atoms in total. The van der Waals surface area contributed by atoms with Crippen LogP contribution in [0.1, 0.15) is 218 Å². The minimum atomic E-state index is -0.885. The Morgan fingerprint density at radius 1 is 0.329 bits per heavy atom. The predicted octanol–water partition coefficient (Wildman–Crippen LogP) is 21.0. The summed E-state index contributed by atoms with van der Waals surface area (Å²) >= 11 is 0. The van der Waals surface area contributed by atoms with Crippen molar-refractivity contribution in [2.75, 3.05) is 97.2 Å². The number of aryl methyl sites for hydroxylation is 4. The second kappa shape index (κ2) is 46.5. The van der Waals surface area contributed by atoms with E-state index in [0.717, 1.165) is 115 Å². The standard InChI is InChI=1S/C31H34N4O5.C31H27N3O3.C30H33N5O3.C29H30N2O3/c1-20(2)22-5-7-24(8-6-22)29(36)27-28(35(31(38)30(27)37)26-13-4-21(3)32-33-26)23-9-11-25(12-10-23)40-19-16-34-14-17-39-18-15-34;1-19(2)21-10-16-25(17-11-21)29(35)27-28(24-14-12-23(13-15-24)22-7-5-4-6-8-22)34(31(37)30(27)36)26-18-9-20(3)32-33-26;1-19(2)21-6-8-23(9-7-21)28(36)26-27(35(30(38)29(26)37)25-14-5-20(3)31-32-25)22-10-12-24(13-11-22)34-17-15-33(4)16-18-34;1-17(2)20-7-11-22(12-8-20)26-25(27(32)23-13-9-21(10-14-23)18(3)4)28(33)29(34)31(26)24-15-6-19(5)16-30-24/h4-13,20,28,36H,14-19H2,1-3H3;4-19,28,35H,1-3H3;5-14,19,27,36H,15-18H2,1-4H3;6-18,26,32H,1-5H3. The van der Waals surface area contributed by atoms with E-state index in [1.165, 1.54) is 19.6 Å². The summed E-state index contributed by atoms with van der Waals surface area (Å²) in [5, 5.41) is 70.2. The average Bonchev–Trinajstić information content (AvgIpc) is 1.61. The van der Waals surface area contributed by atoms with Gasteiger partial charge in [0.1, 0.15) is 41.2 Å². The van der Waals surface area contributed by atoms with E-state index < -0.39 is 70.9 Å². The maximum atomic E-state index is 13.4. The van der Waals surface area contributed by atoms with Gasteiger partial charge in [0.05, 0.1) is 76.8 Å². The number of hydrogen-bond acceptors (Lipinski definition) is 24. The van der Waals surface area contributed by atoms with Crippen LogP contribution in [0.25, 0.3) is 34.2 Å². The number of morpholine rings is 1. The fourth-order valence-electron chi connectivity index (χ4n) is 18.8. The van der Waals surface area contributed by atoms with Gasteiger partial charge in [0, 0.05) is 80.0 Å². The number of nitrogens with zero attached hydrogens (tertiary/aromatic N) is 14. The van der Waals surface area contributed by atoms with Gasteiger partial charge >= 0.3 is 23.6 Å². The molecule has 0 aliphatic carbocycles. The maximum Gasteiger partial charge on any atom is 0.301 e. The highest BCUT2D eigenvalue weighted by Crippen LogP contribution is 2.48.